The van der Waals surface area contributed by atoms with Gasteiger partial charge < -0.3 is 4.90 Å². The molecule has 2 fully saturated rings. The molecule has 0 saturated carbocycles. The van der Waals surface area contributed by atoms with Crippen LogP contribution >= 0.6 is 0 Å². The normalized spacial score (nSPS) is 20.6. The van der Waals surface area contributed by atoms with E-state index in [4.69, 9.17) is 0 Å². The van der Waals surface area contributed by atoms with Crippen molar-refractivity contribution < 1.29 is 13.6 Å². The van der Waals surface area contributed by atoms with E-state index in [1.54, 1.807) is 18.2 Å². The van der Waals surface area contributed by atoms with E-state index in [9.17, 15) is 13.6 Å². The molecule has 0 N–H and O–H groups in total. The van der Waals surface area contributed by atoms with E-state index < -0.39 is 6.55 Å². The van der Waals surface area contributed by atoms with Gasteiger partial charge in [0.1, 0.15) is 5.82 Å². The first-order valence-corrected chi connectivity index (χ1v) is 11.0. The van der Waals surface area contributed by atoms with Crippen molar-refractivity contribution in [2.45, 2.75) is 45.2 Å². The fourth-order valence-corrected chi connectivity index (χ4v) is 4.65. The number of amides is 1. The Kier molecular flexibility index (Phi) is 6.63. The minimum Gasteiger partial charge on any atom is -0.342 e. The second-order valence-electron chi connectivity index (χ2n) is 8.39. The van der Waals surface area contributed by atoms with E-state index in [2.05, 4.69) is 14.8 Å². The minimum atomic E-state index is -2.62. The van der Waals surface area contributed by atoms with Gasteiger partial charge in [0.25, 0.3) is 0 Å². The van der Waals surface area contributed by atoms with E-state index in [1.807, 2.05) is 17.9 Å². The quantitative estimate of drug-likeness (QED) is 0.744. The molecule has 1 atom stereocenters. The number of benzene rings is 1. The molecular formula is C22H31F2N5O. The fourth-order valence-electron chi connectivity index (χ4n) is 4.65. The predicted octanol–water partition coefficient (Wildman–Crippen LogP) is 3.51. The molecule has 0 spiro atoms. The molecule has 1 amide bonds. The monoisotopic (exact) mass is 419 g/mol. The molecule has 3 heterocycles. The highest BCUT2D eigenvalue weighted by atomic mass is 19.3. The van der Waals surface area contributed by atoms with Gasteiger partial charge in [-0.05, 0) is 31.9 Å². The summed E-state index contributed by atoms with van der Waals surface area (Å²) in [6, 6.07) is 6.83. The molecule has 1 aromatic heterocycles. The maximum absolute atomic E-state index is 13.8. The summed E-state index contributed by atoms with van der Waals surface area (Å²) >= 11 is 0. The summed E-state index contributed by atoms with van der Waals surface area (Å²) in [6.07, 6.45) is 4.62. The Hall–Kier alpha value is -2.06. The number of imidazole rings is 1. The number of likely N-dealkylation sites (tertiary alicyclic amines) is 1. The molecule has 2 saturated heterocycles. The van der Waals surface area contributed by atoms with Gasteiger partial charge in [-0.3, -0.25) is 19.2 Å². The van der Waals surface area contributed by atoms with Gasteiger partial charge in [-0.25, -0.2) is 4.98 Å². The van der Waals surface area contributed by atoms with Crippen molar-refractivity contribution in [1.29, 1.82) is 0 Å². The summed E-state index contributed by atoms with van der Waals surface area (Å²) in [5.41, 5.74) is 1.07. The number of hydrogen-bond acceptors (Lipinski definition) is 4. The van der Waals surface area contributed by atoms with Crippen LogP contribution in [0.15, 0.2) is 24.3 Å². The maximum Gasteiger partial charge on any atom is 0.320 e. The minimum absolute atomic E-state index is 0.213. The first-order chi connectivity index (χ1) is 14.5. The molecule has 6 nitrogen and oxygen atoms in total. The summed E-state index contributed by atoms with van der Waals surface area (Å²) in [5, 5.41) is 0. The molecule has 2 aliphatic rings. The SMILES string of the molecule is C[C@H](c1nc2ccccc2n1C(F)F)N1CCN(CC(=O)N2CCCCCC2)CC1. The summed E-state index contributed by atoms with van der Waals surface area (Å²) < 4.78 is 28.6. The van der Waals surface area contributed by atoms with Crippen molar-refractivity contribution >= 4 is 16.9 Å². The zero-order chi connectivity index (χ0) is 21.1. The second kappa shape index (κ2) is 9.39. The fraction of sp³-hybridized carbons (Fsp3) is 0.636. The van der Waals surface area contributed by atoms with Gasteiger partial charge in [-0.15, -0.1) is 0 Å². The molecular weight excluding hydrogens is 388 g/mol. The van der Waals surface area contributed by atoms with Crippen LogP contribution in [0.2, 0.25) is 0 Å². The van der Waals surface area contributed by atoms with E-state index in [-0.39, 0.29) is 11.9 Å². The highest BCUT2D eigenvalue weighted by Gasteiger charge is 2.29. The lowest BCUT2D eigenvalue weighted by Crippen LogP contribution is -2.50. The molecule has 4 rings (SSSR count). The van der Waals surface area contributed by atoms with Crippen LogP contribution in [0.3, 0.4) is 0 Å². The number of carbonyl (C=O) groups is 1. The van der Waals surface area contributed by atoms with Crippen LogP contribution in [0, 0.1) is 0 Å². The molecule has 1 aromatic carbocycles. The van der Waals surface area contributed by atoms with Gasteiger partial charge in [-0.2, -0.15) is 8.78 Å². The van der Waals surface area contributed by atoms with Gasteiger partial charge >= 0.3 is 6.55 Å². The van der Waals surface area contributed by atoms with Crippen molar-refractivity contribution in [3.8, 4) is 0 Å². The Morgan fingerprint density at radius 1 is 1.00 bits per heavy atom. The lowest BCUT2D eigenvalue weighted by molar-refractivity contribution is -0.132. The number of halogens is 2. The number of fused-ring (bicyclic) bond motifs is 1. The van der Waals surface area contributed by atoms with Gasteiger partial charge in [0, 0.05) is 39.3 Å². The maximum atomic E-state index is 13.8. The van der Waals surface area contributed by atoms with Crippen LogP contribution in [0.25, 0.3) is 11.0 Å². The first kappa shape index (κ1) is 21.2. The largest absolute Gasteiger partial charge is 0.342 e. The number of hydrogen-bond donors (Lipinski definition) is 0. The molecule has 164 valence electrons. The topological polar surface area (TPSA) is 44.6 Å². The lowest BCUT2D eigenvalue weighted by atomic mass is 10.2. The van der Waals surface area contributed by atoms with Crippen LogP contribution in [0.4, 0.5) is 8.78 Å². The molecule has 0 unspecified atom stereocenters. The molecule has 30 heavy (non-hydrogen) atoms. The number of piperazine rings is 1. The number of nitrogens with zero attached hydrogens (tertiary/aromatic N) is 5. The first-order valence-electron chi connectivity index (χ1n) is 11.0. The highest BCUT2D eigenvalue weighted by Crippen LogP contribution is 2.29. The van der Waals surface area contributed by atoms with Crippen LogP contribution in [-0.4, -0.2) is 76.0 Å². The molecule has 0 aliphatic carbocycles. The van der Waals surface area contributed by atoms with Crippen molar-refractivity contribution in [3.05, 3.63) is 30.1 Å². The Balaban J connectivity index is 1.38. The zero-order valence-electron chi connectivity index (χ0n) is 17.6. The summed E-state index contributed by atoms with van der Waals surface area (Å²) in [5.74, 6) is 0.623. The molecule has 0 radical (unpaired) electrons. The van der Waals surface area contributed by atoms with Crippen LogP contribution in [0.5, 0.6) is 0 Å². The third-order valence-electron chi connectivity index (χ3n) is 6.46. The third-order valence-corrected chi connectivity index (χ3v) is 6.46. The third kappa shape index (κ3) is 4.49. The Labute approximate surface area is 176 Å². The summed E-state index contributed by atoms with van der Waals surface area (Å²) in [7, 11) is 0. The van der Waals surface area contributed by atoms with Crippen molar-refractivity contribution in [2.24, 2.45) is 0 Å². The van der Waals surface area contributed by atoms with E-state index in [1.165, 1.54) is 12.8 Å². The Morgan fingerprint density at radius 3 is 2.33 bits per heavy atom. The average molecular weight is 420 g/mol. The van der Waals surface area contributed by atoms with Gasteiger partial charge in [0.2, 0.25) is 5.91 Å². The Bertz CT molecular complexity index is 854. The number of para-hydroxylation sites is 2. The summed E-state index contributed by atoms with van der Waals surface area (Å²) in [4.78, 5) is 23.5. The Morgan fingerprint density at radius 2 is 1.67 bits per heavy atom. The zero-order valence-corrected chi connectivity index (χ0v) is 17.6. The van der Waals surface area contributed by atoms with E-state index in [0.717, 1.165) is 56.7 Å². The van der Waals surface area contributed by atoms with Crippen LogP contribution in [0.1, 0.15) is 51.0 Å². The summed E-state index contributed by atoms with van der Waals surface area (Å²) in [6.45, 7) is 4.52. The lowest BCUT2D eigenvalue weighted by Gasteiger charge is -2.38. The van der Waals surface area contributed by atoms with Crippen LogP contribution in [-0.2, 0) is 4.79 Å². The molecule has 8 heteroatoms. The predicted molar refractivity (Wildman–Crippen MR) is 112 cm³/mol. The van der Waals surface area contributed by atoms with Crippen LogP contribution < -0.4 is 0 Å². The second-order valence-corrected chi connectivity index (χ2v) is 8.39. The number of rotatable bonds is 5. The van der Waals surface area contributed by atoms with Crippen molar-refractivity contribution in [1.82, 2.24) is 24.3 Å². The standard InChI is InChI=1S/C22H31F2N5O/c1-17(21-25-18-8-4-5-9-19(18)29(21)22(23)24)27-14-12-26(13-15-27)16-20(30)28-10-6-2-3-7-11-28/h4-5,8-9,17,22H,2-3,6-7,10-16H2,1H3/t17-/m1/s1. The molecule has 2 aromatic rings. The number of carbonyl (C=O) groups excluding carboxylic acids is 1. The smallest absolute Gasteiger partial charge is 0.320 e. The highest BCUT2D eigenvalue weighted by molar-refractivity contribution is 5.78. The number of aromatic nitrogens is 2. The molecule has 0 bridgehead atoms. The molecule has 2 aliphatic heterocycles. The van der Waals surface area contributed by atoms with Crippen molar-refractivity contribution in [2.75, 3.05) is 45.8 Å². The van der Waals surface area contributed by atoms with E-state index in [0.29, 0.717) is 23.4 Å². The van der Waals surface area contributed by atoms with Gasteiger partial charge in [0.15, 0.2) is 0 Å². The van der Waals surface area contributed by atoms with Gasteiger partial charge in [0.05, 0.1) is 23.6 Å². The van der Waals surface area contributed by atoms with E-state index >= 15 is 0 Å². The average Bonchev–Trinajstić information content (AvgIpc) is 2.92. The number of alkyl halides is 2. The van der Waals surface area contributed by atoms with Gasteiger partial charge in [-0.1, -0.05) is 25.0 Å². The van der Waals surface area contributed by atoms with Crippen molar-refractivity contribution in [3.63, 3.8) is 0 Å².